The van der Waals surface area contributed by atoms with Gasteiger partial charge in [-0.15, -0.1) is 6.58 Å². The van der Waals surface area contributed by atoms with Gasteiger partial charge in [-0.25, -0.2) is 4.79 Å². The summed E-state index contributed by atoms with van der Waals surface area (Å²) in [6, 6.07) is 0. The van der Waals surface area contributed by atoms with E-state index < -0.39 is 12.1 Å². The van der Waals surface area contributed by atoms with Crippen LogP contribution < -0.4 is 0 Å². The monoisotopic (exact) mass is 350 g/mol. The minimum atomic E-state index is -5.08. The summed E-state index contributed by atoms with van der Waals surface area (Å²) in [5.41, 5.74) is 0. The number of carboxylic acid groups (broad SMARTS) is 1. The maximum Gasteiger partial charge on any atom is 0.490 e. The summed E-state index contributed by atoms with van der Waals surface area (Å²) in [7, 11) is 0. The van der Waals surface area contributed by atoms with Gasteiger partial charge >= 0.3 is 12.1 Å². The number of fused-ring (bicyclic) bond motifs is 1. The fourth-order valence-corrected chi connectivity index (χ4v) is 2.98. The van der Waals surface area contributed by atoms with E-state index in [2.05, 4.69) is 25.3 Å². The molecule has 0 aliphatic carbocycles. The predicted molar refractivity (Wildman–Crippen MR) is 83.3 cm³/mol. The average molecular weight is 350 g/mol. The summed E-state index contributed by atoms with van der Waals surface area (Å²) in [5.74, 6) is -0.824. The van der Waals surface area contributed by atoms with Crippen molar-refractivity contribution in [1.82, 2.24) is 9.80 Å². The van der Waals surface area contributed by atoms with Crippen LogP contribution in [0.2, 0.25) is 0 Å². The van der Waals surface area contributed by atoms with Crippen molar-refractivity contribution < 1.29 is 27.9 Å². The first kappa shape index (κ1) is 20.5. The van der Waals surface area contributed by atoms with E-state index in [1.807, 2.05) is 11.0 Å². The van der Waals surface area contributed by atoms with Gasteiger partial charge in [0.2, 0.25) is 5.91 Å². The molecule has 2 aliphatic heterocycles. The third-order valence-corrected chi connectivity index (χ3v) is 4.22. The van der Waals surface area contributed by atoms with Crippen LogP contribution in [0.3, 0.4) is 0 Å². The highest BCUT2D eigenvalue weighted by atomic mass is 19.4. The number of rotatable bonds is 5. The van der Waals surface area contributed by atoms with Crippen molar-refractivity contribution in [2.75, 3.05) is 32.7 Å². The third-order valence-electron chi connectivity index (χ3n) is 4.22. The number of carbonyl (C=O) groups is 2. The molecule has 0 unspecified atom stereocenters. The number of alkyl halides is 3. The minimum absolute atomic E-state index is 0.266. The van der Waals surface area contributed by atoms with Gasteiger partial charge in [0, 0.05) is 32.1 Å². The zero-order chi connectivity index (χ0) is 18.5. The Morgan fingerprint density at radius 2 is 1.96 bits per heavy atom. The van der Waals surface area contributed by atoms with E-state index in [-0.39, 0.29) is 5.92 Å². The number of likely N-dealkylation sites (tertiary alicyclic amines) is 2. The second-order valence-corrected chi connectivity index (χ2v) is 6.64. The molecule has 0 aromatic rings. The number of hydrogen-bond acceptors (Lipinski definition) is 3. The van der Waals surface area contributed by atoms with Gasteiger partial charge in [0.25, 0.3) is 0 Å². The smallest absolute Gasteiger partial charge is 0.475 e. The fraction of sp³-hybridized carbons (Fsp3) is 0.750. The van der Waals surface area contributed by atoms with Crippen molar-refractivity contribution in [1.29, 1.82) is 0 Å². The molecule has 1 amide bonds. The van der Waals surface area contributed by atoms with E-state index >= 15 is 0 Å². The summed E-state index contributed by atoms with van der Waals surface area (Å²) in [4.78, 5) is 25.4. The lowest BCUT2D eigenvalue weighted by Crippen LogP contribution is -2.33. The number of hydrogen-bond donors (Lipinski definition) is 1. The number of carbonyl (C=O) groups excluding carboxylic acids is 1. The van der Waals surface area contributed by atoms with Crippen LogP contribution in [0.1, 0.15) is 20.3 Å². The van der Waals surface area contributed by atoms with Gasteiger partial charge in [-0.1, -0.05) is 19.9 Å². The second kappa shape index (κ2) is 8.50. The highest BCUT2D eigenvalue weighted by Gasteiger charge is 2.45. The molecule has 1 N–H and O–H groups in total. The molecule has 0 aromatic carbocycles. The molecule has 24 heavy (non-hydrogen) atoms. The van der Waals surface area contributed by atoms with Crippen molar-refractivity contribution >= 4 is 11.9 Å². The largest absolute Gasteiger partial charge is 0.490 e. The SMILES string of the molecule is C=CCN1C[C@@H]2CN(CCC(C)C)C[C@@H]2C1=O.O=C(O)C(F)(F)F. The van der Waals surface area contributed by atoms with Crippen molar-refractivity contribution in [3.63, 3.8) is 0 Å². The van der Waals surface area contributed by atoms with Crippen LogP contribution in [-0.2, 0) is 9.59 Å². The molecule has 5 nitrogen and oxygen atoms in total. The van der Waals surface area contributed by atoms with Gasteiger partial charge in [-0.2, -0.15) is 13.2 Å². The van der Waals surface area contributed by atoms with Gasteiger partial charge < -0.3 is 14.9 Å². The maximum atomic E-state index is 12.1. The first-order chi connectivity index (χ1) is 11.1. The quantitative estimate of drug-likeness (QED) is 0.773. The first-order valence-electron chi connectivity index (χ1n) is 7.98. The van der Waals surface area contributed by atoms with Gasteiger partial charge in [-0.05, 0) is 18.9 Å². The van der Waals surface area contributed by atoms with Crippen LogP contribution in [0, 0.1) is 17.8 Å². The van der Waals surface area contributed by atoms with Crippen LogP contribution in [-0.4, -0.2) is 65.7 Å². The van der Waals surface area contributed by atoms with Crippen molar-refractivity contribution in [3.05, 3.63) is 12.7 Å². The lowest BCUT2D eigenvalue weighted by molar-refractivity contribution is -0.192. The lowest BCUT2D eigenvalue weighted by atomic mass is 10.0. The topological polar surface area (TPSA) is 60.9 Å². The zero-order valence-corrected chi connectivity index (χ0v) is 14.1. The van der Waals surface area contributed by atoms with Gasteiger partial charge in [-0.3, -0.25) is 4.79 Å². The van der Waals surface area contributed by atoms with Crippen LogP contribution >= 0.6 is 0 Å². The normalized spacial score (nSPS) is 23.9. The summed E-state index contributed by atoms with van der Waals surface area (Å²) in [6.07, 6.45) is -2.01. The molecular weight excluding hydrogens is 325 g/mol. The summed E-state index contributed by atoms with van der Waals surface area (Å²) < 4.78 is 31.7. The predicted octanol–water partition coefficient (Wildman–Crippen LogP) is 2.24. The highest BCUT2D eigenvalue weighted by molar-refractivity contribution is 5.82. The molecule has 2 saturated heterocycles. The summed E-state index contributed by atoms with van der Waals surface area (Å²) in [6.45, 7) is 13.1. The molecule has 2 heterocycles. The lowest BCUT2D eigenvalue weighted by Gasteiger charge is -2.21. The minimum Gasteiger partial charge on any atom is -0.475 e. The van der Waals surface area contributed by atoms with Gasteiger partial charge in [0.05, 0.1) is 5.92 Å². The molecule has 0 saturated carbocycles. The van der Waals surface area contributed by atoms with E-state index in [0.717, 1.165) is 38.6 Å². The van der Waals surface area contributed by atoms with Gasteiger partial charge in [0.15, 0.2) is 0 Å². The molecule has 0 spiro atoms. The molecule has 0 bridgehead atoms. The number of amides is 1. The molecule has 2 atom stereocenters. The standard InChI is InChI=1S/C14H24N2O.C2HF3O2/c1-4-6-16-9-12-8-15(7-5-11(2)3)10-13(12)14(16)17;3-2(4,5)1(6)7/h4,11-13H,1,5-10H2,2-3H3;(H,6,7)/t12-,13-;/m0./s1. The second-order valence-electron chi connectivity index (χ2n) is 6.64. The first-order valence-corrected chi connectivity index (χ1v) is 7.98. The molecule has 2 fully saturated rings. The third kappa shape index (κ3) is 5.81. The molecule has 2 rings (SSSR count). The Labute approximate surface area is 140 Å². The maximum absolute atomic E-state index is 12.1. The molecule has 138 valence electrons. The van der Waals surface area contributed by atoms with E-state index in [9.17, 15) is 18.0 Å². The molecular formula is C16H25F3N2O3. The Morgan fingerprint density at radius 3 is 2.38 bits per heavy atom. The van der Waals surface area contributed by atoms with Crippen LogP contribution in [0.15, 0.2) is 12.7 Å². The van der Waals surface area contributed by atoms with Crippen molar-refractivity contribution in [2.45, 2.75) is 26.4 Å². The number of halogens is 3. The Kier molecular flexibility index (Phi) is 7.26. The molecule has 8 heteroatoms. The summed E-state index contributed by atoms with van der Waals surface area (Å²) >= 11 is 0. The zero-order valence-electron chi connectivity index (χ0n) is 14.1. The Hall–Kier alpha value is -1.57. The van der Waals surface area contributed by atoms with Gasteiger partial charge in [0.1, 0.15) is 0 Å². The Morgan fingerprint density at radius 1 is 1.38 bits per heavy atom. The molecule has 2 aliphatic rings. The molecule has 0 aromatic heterocycles. The van der Waals surface area contributed by atoms with Crippen LogP contribution in [0.5, 0.6) is 0 Å². The van der Waals surface area contributed by atoms with E-state index in [0.29, 0.717) is 11.8 Å². The van der Waals surface area contributed by atoms with Crippen LogP contribution in [0.4, 0.5) is 13.2 Å². The van der Waals surface area contributed by atoms with Crippen molar-refractivity contribution in [3.8, 4) is 0 Å². The van der Waals surface area contributed by atoms with E-state index in [1.165, 1.54) is 6.42 Å². The number of nitrogens with zero attached hydrogens (tertiary/aromatic N) is 2. The van der Waals surface area contributed by atoms with E-state index in [4.69, 9.17) is 9.90 Å². The Balaban J connectivity index is 0.000000351. The van der Waals surface area contributed by atoms with Crippen molar-refractivity contribution in [2.24, 2.45) is 17.8 Å². The number of aliphatic carboxylic acids is 1. The average Bonchev–Trinajstić information content (AvgIpc) is 2.97. The number of carboxylic acids is 1. The molecule has 0 radical (unpaired) electrons. The summed E-state index contributed by atoms with van der Waals surface area (Å²) in [5, 5.41) is 7.12. The Bertz CT molecular complexity index is 466. The van der Waals surface area contributed by atoms with Crippen LogP contribution in [0.25, 0.3) is 0 Å². The van der Waals surface area contributed by atoms with E-state index in [1.54, 1.807) is 0 Å². The highest BCUT2D eigenvalue weighted by Crippen LogP contribution is 2.32. The fourth-order valence-electron chi connectivity index (χ4n) is 2.98.